The molecule has 0 radical (unpaired) electrons. The van der Waals surface area contributed by atoms with Crippen LogP contribution in [0.1, 0.15) is 12.5 Å². The van der Waals surface area contributed by atoms with E-state index in [1.165, 1.54) is 0 Å². The largest absolute Gasteiger partial charge is 0.351 e. The van der Waals surface area contributed by atoms with Crippen LogP contribution < -0.4 is 10.6 Å². The Kier molecular flexibility index (Phi) is 5.30. The molecule has 0 atom stereocenters. The number of hydrogen-bond donors (Lipinski definition) is 2. The summed E-state index contributed by atoms with van der Waals surface area (Å²) in [4.78, 5) is 11.5. The minimum Gasteiger partial charge on any atom is -0.351 e. The maximum absolute atomic E-state index is 11.6. The van der Waals surface area contributed by atoms with Crippen molar-refractivity contribution >= 4 is 15.7 Å². The summed E-state index contributed by atoms with van der Waals surface area (Å²) in [5.41, 5.74) is 0.870. The van der Waals surface area contributed by atoms with E-state index in [-0.39, 0.29) is 18.2 Å². The molecule has 0 spiro atoms. The number of likely N-dealkylation sites (N-methyl/N-ethyl adjacent to an activating group) is 1. The predicted octanol–water partition coefficient (Wildman–Crippen LogP) is 0.316. The van der Waals surface area contributed by atoms with Gasteiger partial charge >= 0.3 is 0 Å². The Hall–Kier alpha value is -1.40. The van der Waals surface area contributed by atoms with E-state index in [1.807, 2.05) is 0 Å². The van der Waals surface area contributed by atoms with E-state index < -0.39 is 9.84 Å². The first kappa shape index (κ1) is 14.7. The molecule has 0 saturated heterocycles. The van der Waals surface area contributed by atoms with Gasteiger partial charge in [0.2, 0.25) is 5.91 Å². The van der Waals surface area contributed by atoms with Gasteiger partial charge in [0, 0.05) is 6.54 Å². The normalized spacial score (nSPS) is 11.2. The van der Waals surface area contributed by atoms with Crippen molar-refractivity contribution in [1.82, 2.24) is 10.6 Å². The molecule has 5 nitrogen and oxygen atoms in total. The van der Waals surface area contributed by atoms with Crippen molar-refractivity contribution in [3.8, 4) is 0 Å². The van der Waals surface area contributed by atoms with Crippen molar-refractivity contribution in [2.24, 2.45) is 0 Å². The molecule has 1 amide bonds. The van der Waals surface area contributed by atoms with E-state index in [0.29, 0.717) is 11.4 Å². The van der Waals surface area contributed by atoms with E-state index >= 15 is 0 Å². The Morgan fingerprint density at radius 1 is 1.22 bits per heavy atom. The second-order valence-electron chi connectivity index (χ2n) is 3.85. The van der Waals surface area contributed by atoms with Crippen molar-refractivity contribution in [2.45, 2.75) is 18.4 Å². The van der Waals surface area contributed by atoms with E-state index in [1.54, 1.807) is 38.2 Å². The molecule has 1 rings (SSSR count). The third-order valence-corrected chi connectivity index (χ3v) is 4.24. The van der Waals surface area contributed by atoms with Crippen molar-refractivity contribution < 1.29 is 13.2 Å². The van der Waals surface area contributed by atoms with Crippen molar-refractivity contribution in [2.75, 3.05) is 19.3 Å². The van der Waals surface area contributed by atoms with Crippen LogP contribution in [0.25, 0.3) is 0 Å². The van der Waals surface area contributed by atoms with Gasteiger partial charge in [-0.1, -0.05) is 19.1 Å². The number of hydrogen-bond acceptors (Lipinski definition) is 4. The quantitative estimate of drug-likeness (QED) is 0.780. The van der Waals surface area contributed by atoms with Crippen molar-refractivity contribution in [1.29, 1.82) is 0 Å². The van der Waals surface area contributed by atoms with Crippen LogP contribution in [0.4, 0.5) is 0 Å². The highest BCUT2D eigenvalue weighted by Crippen LogP contribution is 2.12. The van der Waals surface area contributed by atoms with Gasteiger partial charge in [-0.2, -0.15) is 0 Å². The molecule has 0 saturated carbocycles. The molecule has 0 aliphatic rings. The summed E-state index contributed by atoms with van der Waals surface area (Å²) in [6.07, 6.45) is 0. The molecule has 0 fully saturated rings. The lowest BCUT2D eigenvalue weighted by Gasteiger charge is -2.06. The average molecular weight is 270 g/mol. The molecular weight excluding hydrogens is 252 g/mol. The second-order valence-corrected chi connectivity index (χ2v) is 6.13. The molecule has 2 N–H and O–H groups in total. The van der Waals surface area contributed by atoms with Crippen LogP contribution in [-0.2, 0) is 21.2 Å². The summed E-state index contributed by atoms with van der Waals surface area (Å²) in [6, 6.07) is 6.56. The Morgan fingerprint density at radius 2 is 1.83 bits per heavy atom. The topological polar surface area (TPSA) is 75.3 Å². The maximum atomic E-state index is 11.6. The van der Waals surface area contributed by atoms with E-state index in [2.05, 4.69) is 10.6 Å². The monoisotopic (exact) mass is 270 g/mol. The number of carbonyl (C=O) groups is 1. The SMILES string of the molecule is CCS(=O)(=O)c1ccc(CNC(=O)CNC)cc1. The summed E-state index contributed by atoms with van der Waals surface area (Å²) < 4.78 is 23.2. The van der Waals surface area contributed by atoms with Crippen LogP contribution in [-0.4, -0.2) is 33.7 Å². The van der Waals surface area contributed by atoms with E-state index in [4.69, 9.17) is 0 Å². The summed E-state index contributed by atoms with van der Waals surface area (Å²) in [5, 5.41) is 5.47. The summed E-state index contributed by atoms with van der Waals surface area (Å²) in [5.74, 6) is -0.00613. The number of nitrogens with one attached hydrogen (secondary N) is 2. The van der Waals surface area contributed by atoms with Crippen LogP contribution in [0.3, 0.4) is 0 Å². The molecule has 0 unspecified atom stereocenters. The number of benzene rings is 1. The molecular formula is C12H18N2O3S. The van der Waals surface area contributed by atoms with Crippen LogP contribution in [0, 0.1) is 0 Å². The Balaban J connectivity index is 2.64. The van der Waals surface area contributed by atoms with Crippen LogP contribution in [0.5, 0.6) is 0 Å². The summed E-state index contributed by atoms with van der Waals surface area (Å²) in [7, 11) is -1.45. The fraction of sp³-hybridized carbons (Fsp3) is 0.417. The van der Waals surface area contributed by atoms with Gasteiger partial charge in [-0.3, -0.25) is 4.79 Å². The number of carbonyl (C=O) groups excluding carboxylic acids is 1. The lowest BCUT2D eigenvalue weighted by atomic mass is 10.2. The zero-order valence-corrected chi connectivity index (χ0v) is 11.4. The molecule has 18 heavy (non-hydrogen) atoms. The highest BCUT2D eigenvalue weighted by molar-refractivity contribution is 7.91. The molecule has 100 valence electrons. The van der Waals surface area contributed by atoms with Gasteiger partial charge in [-0.25, -0.2) is 8.42 Å². The van der Waals surface area contributed by atoms with Crippen LogP contribution in [0.15, 0.2) is 29.2 Å². The van der Waals surface area contributed by atoms with Crippen LogP contribution in [0.2, 0.25) is 0 Å². The van der Waals surface area contributed by atoms with Crippen LogP contribution >= 0.6 is 0 Å². The first-order valence-corrected chi connectivity index (χ1v) is 7.38. The predicted molar refractivity (Wildman–Crippen MR) is 69.9 cm³/mol. The van der Waals surface area contributed by atoms with Gasteiger partial charge in [0.1, 0.15) is 0 Å². The van der Waals surface area contributed by atoms with E-state index in [9.17, 15) is 13.2 Å². The van der Waals surface area contributed by atoms with Gasteiger partial charge in [0.25, 0.3) is 0 Å². The third-order valence-electron chi connectivity index (χ3n) is 2.49. The number of amides is 1. The Bertz CT molecular complexity index is 495. The zero-order chi connectivity index (χ0) is 13.6. The van der Waals surface area contributed by atoms with E-state index in [0.717, 1.165) is 5.56 Å². The minimum atomic E-state index is -3.15. The molecule has 0 heterocycles. The lowest BCUT2D eigenvalue weighted by Crippen LogP contribution is -2.31. The fourth-order valence-electron chi connectivity index (χ4n) is 1.41. The third kappa shape index (κ3) is 4.12. The van der Waals surface area contributed by atoms with Crippen molar-refractivity contribution in [3.05, 3.63) is 29.8 Å². The fourth-order valence-corrected chi connectivity index (χ4v) is 2.29. The lowest BCUT2D eigenvalue weighted by molar-refractivity contribution is -0.120. The van der Waals surface area contributed by atoms with Gasteiger partial charge in [0.15, 0.2) is 9.84 Å². The maximum Gasteiger partial charge on any atom is 0.234 e. The standard InChI is InChI=1S/C12H18N2O3S/c1-3-18(16,17)11-6-4-10(5-7-11)8-14-12(15)9-13-2/h4-7,13H,3,8-9H2,1-2H3,(H,14,15). The highest BCUT2D eigenvalue weighted by atomic mass is 32.2. The second kappa shape index (κ2) is 6.51. The number of sulfone groups is 1. The molecule has 1 aromatic carbocycles. The Labute approximate surface area is 108 Å². The average Bonchev–Trinajstić information content (AvgIpc) is 2.37. The molecule has 0 aliphatic carbocycles. The zero-order valence-electron chi connectivity index (χ0n) is 10.6. The van der Waals surface area contributed by atoms with Gasteiger partial charge in [-0.05, 0) is 24.7 Å². The highest BCUT2D eigenvalue weighted by Gasteiger charge is 2.10. The smallest absolute Gasteiger partial charge is 0.234 e. The Morgan fingerprint density at radius 3 is 2.33 bits per heavy atom. The molecule has 0 bridgehead atoms. The molecule has 0 aliphatic heterocycles. The summed E-state index contributed by atoms with van der Waals surface area (Å²) >= 11 is 0. The number of rotatable bonds is 6. The van der Waals surface area contributed by atoms with Crippen molar-refractivity contribution in [3.63, 3.8) is 0 Å². The summed E-state index contributed by atoms with van der Waals surface area (Å²) in [6.45, 7) is 2.27. The molecule has 0 aromatic heterocycles. The molecule has 6 heteroatoms. The molecule has 1 aromatic rings. The van der Waals surface area contributed by atoms with Gasteiger partial charge < -0.3 is 10.6 Å². The van der Waals surface area contributed by atoms with Gasteiger partial charge in [-0.15, -0.1) is 0 Å². The first-order valence-electron chi connectivity index (χ1n) is 5.72. The minimum absolute atomic E-state index is 0.0885. The van der Waals surface area contributed by atoms with Gasteiger partial charge in [0.05, 0.1) is 17.2 Å². The first-order chi connectivity index (χ1) is 8.49.